The minimum atomic E-state index is -0.198. The van der Waals surface area contributed by atoms with Crippen molar-refractivity contribution in [2.24, 2.45) is 4.99 Å². The van der Waals surface area contributed by atoms with Crippen molar-refractivity contribution >= 4 is 51.5 Å². The van der Waals surface area contributed by atoms with Crippen molar-refractivity contribution in [2.45, 2.75) is 19.9 Å². The van der Waals surface area contributed by atoms with Crippen LogP contribution in [0.1, 0.15) is 16.8 Å². The first-order chi connectivity index (χ1) is 12.5. The first-order valence-corrected chi connectivity index (χ1v) is 9.17. The van der Waals surface area contributed by atoms with Gasteiger partial charge in [-0.2, -0.15) is 0 Å². The largest absolute Gasteiger partial charge is 0.356 e. The van der Waals surface area contributed by atoms with E-state index in [1.54, 1.807) is 13.1 Å². The molecular formula is C19H22BrFIN5. The summed E-state index contributed by atoms with van der Waals surface area (Å²) in [5, 5.41) is 6.54. The number of aliphatic imine (C=N–C) groups is 1. The van der Waals surface area contributed by atoms with E-state index in [4.69, 9.17) is 0 Å². The highest BCUT2D eigenvalue weighted by molar-refractivity contribution is 14.0. The second kappa shape index (κ2) is 10.0. The van der Waals surface area contributed by atoms with E-state index >= 15 is 0 Å². The number of guanidine groups is 1. The number of benzene rings is 1. The van der Waals surface area contributed by atoms with Gasteiger partial charge in [0.05, 0.1) is 12.2 Å². The summed E-state index contributed by atoms with van der Waals surface area (Å²) in [7, 11) is 1.74. The Morgan fingerprint density at radius 3 is 2.78 bits per heavy atom. The maximum absolute atomic E-state index is 13.2. The molecule has 0 saturated carbocycles. The van der Waals surface area contributed by atoms with Crippen LogP contribution < -0.4 is 10.6 Å². The van der Waals surface area contributed by atoms with Gasteiger partial charge in [-0.15, -0.1) is 24.0 Å². The van der Waals surface area contributed by atoms with Crippen LogP contribution in [0.3, 0.4) is 0 Å². The minimum Gasteiger partial charge on any atom is -0.356 e. The van der Waals surface area contributed by atoms with E-state index in [9.17, 15) is 4.39 Å². The van der Waals surface area contributed by atoms with Crippen molar-refractivity contribution in [3.8, 4) is 0 Å². The Labute approximate surface area is 183 Å². The molecule has 144 valence electrons. The zero-order chi connectivity index (χ0) is 18.5. The second-order valence-electron chi connectivity index (χ2n) is 6.02. The predicted octanol–water partition coefficient (Wildman–Crippen LogP) is 4.07. The molecule has 2 heterocycles. The van der Waals surface area contributed by atoms with Crippen molar-refractivity contribution in [1.82, 2.24) is 20.0 Å². The van der Waals surface area contributed by atoms with Crippen LogP contribution in [0.2, 0.25) is 0 Å². The molecular weight excluding hydrogens is 524 g/mol. The molecule has 0 aliphatic carbocycles. The van der Waals surface area contributed by atoms with Crippen LogP contribution in [-0.4, -0.2) is 28.9 Å². The van der Waals surface area contributed by atoms with Crippen LogP contribution in [0, 0.1) is 12.7 Å². The fraction of sp³-hybridized carbons (Fsp3) is 0.263. The Bertz CT molecular complexity index is 941. The second-order valence-corrected chi connectivity index (χ2v) is 6.93. The number of hydrogen-bond acceptors (Lipinski definition) is 2. The van der Waals surface area contributed by atoms with E-state index in [0.717, 1.165) is 33.4 Å². The fourth-order valence-corrected chi connectivity index (χ4v) is 3.11. The van der Waals surface area contributed by atoms with E-state index < -0.39 is 0 Å². The summed E-state index contributed by atoms with van der Waals surface area (Å²) in [6.07, 6.45) is 4.77. The highest BCUT2D eigenvalue weighted by Crippen LogP contribution is 2.12. The number of nitrogens with zero attached hydrogens (tertiary/aromatic N) is 3. The molecule has 0 aliphatic rings. The molecule has 2 aromatic heterocycles. The van der Waals surface area contributed by atoms with E-state index in [2.05, 4.69) is 36.5 Å². The SMILES string of the molecule is CN=C(NCCc1ccc(F)cc1C)NCc1cn2cc(Br)ccc2n1.I. The van der Waals surface area contributed by atoms with E-state index in [-0.39, 0.29) is 29.8 Å². The summed E-state index contributed by atoms with van der Waals surface area (Å²) >= 11 is 3.46. The molecule has 8 heteroatoms. The molecule has 0 radical (unpaired) electrons. The van der Waals surface area contributed by atoms with Crippen molar-refractivity contribution in [3.63, 3.8) is 0 Å². The quantitative estimate of drug-likeness (QED) is 0.289. The lowest BCUT2D eigenvalue weighted by molar-refractivity contribution is 0.625. The van der Waals surface area contributed by atoms with Crippen LogP contribution in [0.25, 0.3) is 5.65 Å². The Hall–Kier alpha value is -1.68. The molecule has 27 heavy (non-hydrogen) atoms. The number of nitrogens with one attached hydrogen (secondary N) is 2. The molecule has 0 amide bonds. The molecule has 3 aromatic rings. The van der Waals surface area contributed by atoms with Gasteiger partial charge in [-0.25, -0.2) is 9.37 Å². The third-order valence-corrected chi connectivity index (χ3v) is 4.59. The number of fused-ring (bicyclic) bond motifs is 1. The number of rotatable bonds is 5. The third kappa shape index (κ3) is 5.90. The minimum absolute atomic E-state index is 0. The van der Waals surface area contributed by atoms with Gasteiger partial charge in [0.2, 0.25) is 0 Å². The molecule has 2 N–H and O–H groups in total. The first-order valence-electron chi connectivity index (χ1n) is 8.38. The molecule has 0 fully saturated rings. The molecule has 0 bridgehead atoms. The summed E-state index contributed by atoms with van der Waals surface area (Å²) in [5.41, 5.74) is 3.92. The molecule has 3 rings (SSSR count). The molecule has 0 atom stereocenters. The van der Waals surface area contributed by atoms with Crippen LogP contribution in [0.4, 0.5) is 4.39 Å². The molecule has 5 nitrogen and oxygen atoms in total. The normalized spacial score (nSPS) is 11.3. The summed E-state index contributed by atoms with van der Waals surface area (Å²) < 4.78 is 16.1. The van der Waals surface area contributed by atoms with Crippen LogP contribution >= 0.6 is 39.9 Å². The van der Waals surface area contributed by atoms with Gasteiger partial charge in [0.25, 0.3) is 0 Å². The average molecular weight is 546 g/mol. The van der Waals surface area contributed by atoms with Gasteiger partial charge in [-0.05, 0) is 64.7 Å². The third-order valence-electron chi connectivity index (χ3n) is 4.12. The van der Waals surface area contributed by atoms with Crippen molar-refractivity contribution in [3.05, 3.63) is 69.8 Å². The molecule has 0 unspecified atom stereocenters. The molecule has 1 aromatic carbocycles. The van der Waals surface area contributed by atoms with Gasteiger partial charge in [-0.3, -0.25) is 4.99 Å². The fourth-order valence-electron chi connectivity index (χ4n) is 2.75. The lowest BCUT2D eigenvalue weighted by Gasteiger charge is -2.12. The Kier molecular flexibility index (Phi) is 8.03. The maximum atomic E-state index is 13.2. The van der Waals surface area contributed by atoms with Gasteiger partial charge in [-0.1, -0.05) is 6.07 Å². The average Bonchev–Trinajstić information content (AvgIpc) is 3.01. The van der Waals surface area contributed by atoms with Gasteiger partial charge in [0.15, 0.2) is 5.96 Å². The monoisotopic (exact) mass is 545 g/mol. The number of halogens is 3. The zero-order valence-corrected chi connectivity index (χ0v) is 19.1. The number of aryl methyl sites for hydroxylation is 1. The maximum Gasteiger partial charge on any atom is 0.191 e. The van der Waals surface area contributed by atoms with Gasteiger partial charge < -0.3 is 15.0 Å². The van der Waals surface area contributed by atoms with Crippen molar-refractivity contribution in [2.75, 3.05) is 13.6 Å². The van der Waals surface area contributed by atoms with Crippen LogP contribution in [0.5, 0.6) is 0 Å². The summed E-state index contributed by atoms with van der Waals surface area (Å²) in [4.78, 5) is 8.80. The molecule has 0 spiro atoms. The highest BCUT2D eigenvalue weighted by atomic mass is 127. The number of imidazole rings is 1. The Balaban J connectivity index is 0.00000261. The lowest BCUT2D eigenvalue weighted by atomic mass is 10.1. The number of hydrogen-bond donors (Lipinski definition) is 2. The highest BCUT2D eigenvalue weighted by Gasteiger charge is 2.05. The van der Waals surface area contributed by atoms with Gasteiger partial charge >= 0.3 is 0 Å². The van der Waals surface area contributed by atoms with Crippen LogP contribution in [0.15, 0.2) is 52.2 Å². The first kappa shape index (κ1) is 21.6. The van der Waals surface area contributed by atoms with Gasteiger partial charge in [0.1, 0.15) is 11.5 Å². The summed E-state index contributed by atoms with van der Waals surface area (Å²) in [6, 6.07) is 8.82. The smallest absolute Gasteiger partial charge is 0.191 e. The number of aromatic nitrogens is 2. The van der Waals surface area contributed by atoms with E-state index in [0.29, 0.717) is 19.0 Å². The van der Waals surface area contributed by atoms with Crippen molar-refractivity contribution < 1.29 is 4.39 Å². The predicted molar refractivity (Wildman–Crippen MR) is 121 cm³/mol. The van der Waals surface area contributed by atoms with E-state index in [1.807, 2.05) is 41.9 Å². The summed E-state index contributed by atoms with van der Waals surface area (Å²) in [6.45, 7) is 3.21. The molecule has 0 saturated heterocycles. The molecule has 0 aliphatic heterocycles. The zero-order valence-electron chi connectivity index (χ0n) is 15.2. The topological polar surface area (TPSA) is 53.7 Å². The lowest BCUT2D eigenvalue weighted by Crippen LogP contribution is -2.38. The standard InChI is InChI=1S/C19H21BrFN5.HI/c1-13-9-16(21)5-3-14(13)7-8-23-19(22-2)24-10-17-12-26-11-15(20)4-6-18(26)25-17;/h3-6,9,11-12H,7-8,10H2,1-2H3,(H2,22,23,24);1H. The van der Waals surface area contributed by atoms with Crippen LogP contribution in [-0.2, 0) is 13.0 Å². The Morgan fingerprint density at radius 1 is 1.22 bits per heavy atom. The number of pyridine rings is 1. The Morgan fingerprint density at radius 2 is 2.04 bits per heavy atom. The van der Waals surface area contributed by atoms with Gasteiger partial charge in [0, 0.05) is 30.5 Å². The van der Waals surface area contributed by atoms with E-state index in [1.165, 1.54) is 6.07 Å². The summed E-state index contributed by atoms with van der Waals surface area (Å²) in [5.74, 6) is 0.513. The van der Waals surface area contributed by atoms with Crippen molar-refractivity contribution in [1.29, 1.82) is 0 Å².